The first-order valence-electron chi connectivity index (χ1n) is 8.11. The number of pyridine rings is 1. The van der Waals surface area contributed by atoms with E-state index in [1.165, 1.54) is 0 Å². The summed E-state index contributed by atoms with van der Waals surface area (Å²) in [5.41, 5.74) is 4.32. The fourth-order valence-corrected chi connectivity index (χ4v) is 3.64. The minimum Gasteiger partial charge on any atom is -0.379 e. The molecule has 1 aliphatic carbocycles. The van der Waals surface area contributed by atoms with Crippen molar-refractivity contribution in [2.24, 2.45) is 7.05 Å². The smallest absolute Gasteiger partial charge is 0.129 e. The topological polar surface area (TPSA) is 50.9 Å². The number of aromatic nitrogens is 3. The van der Waals surface area contributed by atoms with Crippen molar-refractivity contribution in [3.63, 3.8) is 0 Å². The fraction of sp³-hybridized carbons (Fsp3) is 0.200. The van der Waals surface area contributed by atoms with Crippen LogP contribution in [0.5, 0.6) is 0 Å². The van der Waals surface area contributed by atoms with E-state index in [0.29, 0.717) is 11.4 Å². The van der Waals surface area contributed by atoms with Gasteiger partial charge in [0, 0.05) is 24.7 Å². The highest BCUT2D eigenvalue weighted by Gasteiger charge is 2.34. The van der Waals surface area contributed by atoms with E-state index in [-0.39, 0.29) is 0 Å². The number of hydrogen-bond acceptors (Lipinski definition) is 3. The lowest BCUT2D eigenvalue weighted by Gasteiger charge is -2.28. The van der Waals surface area contributed by atoms with Gasteiger partial charge >= 0.3 is 0 Å². The van der Waals surface area contributed by atoms with Crippen molar-refractivity contribution in [1.29, 1.82) is 0 Å². The summed E-state index contributed by atoms with van der Waals surface area (Å²) in [4.78, 5) is 8.68. The number of benzene rings is 1. The molecule has 0 spiro atoms. The van der Waals surface area contributed by atoms with Crippen molar-refractivity contribution in [1.82, 2.24) is 14.5 Å². The number of aliphatic hydroxyl groups is 1. The van der Waals surface area contributed by atoms with Gasteiger partial charge in [0.25, 0.3) is 0 Å². The van der Waals surface area contributed by atoms with Crippen molar-refractivity contribution < 1.29 is 5.11 Å². The predicted molar refractivity (Wildman–Crippen MR) is 99.1 cm³/mol. The second kappa shape index (κ2) is 5.83. The predicted octanol–water partition coefficient (Wildman–Crippen LogP) is 3.82. The van der Waals surface area contributed by atoms with E-state index < -0.39 is 5.60 Å². The summed E-state index contributed by atoms with van der Waals surface area (Å²) in [6.07, 6.45) is 7.89. The summed E-state index contributed by atoms with van der Waals surface area (Å²) in [6.45, 7) is 1.79. The van der Waals surface area contributed by atoms with Crippen LogP contribution in [0.3, 0.4) is 0 Å². The Kier molecular flexibility index (Phi) is 3.74. The van der Waals surface area contributed by atoms with Crippen molar-refractivity contribution in [3.05, 3.63) is 82.2 Å². The number of hydrogen-bond donors (Lipinski definition) is 1. The van der Waals surface area contributed by atoms with Crippen LogP contribution in [0.15, 0.2) is 49.1 Å². The standard InChI is InChI=1S/C20H18ClN3O/c1-20(25,19-11-22-12-24(19)2)17-8-14-4-3-7-23-18(14)9-13-5-6-15(21)10-16(13)17/h3-8,10-12,25H,9H2,1-2H3/t20-/m1/s1. The normalized spacial score (nSPS) is 15.6. The molecule has 0 unspecified atom stereocenters. The molecule has 126 valence electrons. The van der Waals surface area contributed by atoms with E-state index in [4.69, 9.17) is 11.6 Å². The Bertz CT molecular complexity index is 988. The Morgan fingerprint density at radius 2 is 2.12 bits per heavy atom. The number of rotatable bonds is 2. The summed E-state index contributed by atoms with van der Waals surface area (Å²) in [6, 6.07) is 9.74. The van der Waals surface area contributed by atoms with Crippen molar-refractivity contribution in [3.8, 4) is 0 Å². The summed E-state index contributed by atoms with van der Waals surface area (Å²) >= 11 is 6.27. The van der Waals surface area contributed by atoms with Crippen LogP contribution in [-0.2, 0) is 19.1 Å². The molecular formula is C20H18ClN3O. The largest absolute Gasteiger partial charge is 0.379 e. The highest BCUT2D eigenvalue weighted by atomic mass is 35.5. The average Bonchev–Trinajstić information content (AvgIpc) is 2.94. The van der Waals surface area contributed by atoms with Crippen LogP contribution in [0.25, 0.3) is 11.6 Å². The molecule has 0 saturated carbocycles. The highest BCUT2D eigenvalue weighted by molar-refractivity contribution is 6.30. The molecule has 0 aliphatic heterocycles. The highest BCUT2D eigenvalue weighted by Crippen LogP contribution is 2.41. The summed E-state index contributed by atoms with van der Waals surface area (Å²) in [7, 11) is 1.88. The maximum absolute atomic E-state index is 11.5. The van der Waals surface area contributed by atoms with E-state index in [1.54, 1.807) is 25.6 Å². The van der Waals surface area contributed by atoms with Gasteiger partial charge in [-0.1, -0.05) is 23.7 Å². The van der Waals surface area contributed by atoms with E-state index in [1.807, 2.05) is 48.0 Å². The van der Waals surface area contributed by atoms with Gasteiger partial charge in [0.2, 0.25) is 0 Å². The van der Waals surface area contributed by atoms with Gasteiger partial charge in [-0.3, -0.25) is 4.98 Å². The van der Waals surface area contributed by atoms with Crippen LogP contribution >= 0.6 is 11.6 Å². The number of fused-ring (bicyclic) bond motifs is 2. The molecule has 0 radical (unpaired) electrons. The molecule has 5 heteroatoms. The zero-order valence-electron chi connectivity index (χ0n) is 14.1. The maximum atomic E-state index is 11.5. The molecular weight excluding hydrogens is 334 g/mol. The lowest BCUT2D eigenvalue weighted by atomic mass is 9.84. The minimum absolute atomic E-state index is 0.643. The van der Waals surface area contributed by atoms with Gasteiger partial charge in [-0.25, -0.2) is 4.98 Å². The van der Waals surface area contributed by atoms with E-state index in [9.17, 15) is 5.11 Å². The fourth-order valence-electron chi connectivity index (χ4n) is 3.46. The van der Waals surface area contributed by atoms with Crippen LogP contribution < -0.4 is 0 Å². The summed E-state index contributed by atoms with van der Waals surface area (Å²) in [5, 5.41) is 12.1. The van der Waals surface area contributed by atoms with Gasteiger partial charge in [0.1, 0.15) is 5.60 Å². The first kappa shape index (κ1) is 16.1. The van der Waals surface area contributed by atoms with Crippen LogP contribution in [0.1, 0.15) is 35.0 Å². The Morgan fingerprint density at radius 3 is 2.88 bits per heavy atom. The number of aryl methyl sites for hydroxylation is 1. The van der Waals surface area contributed by atoms with Crippen LogP contribution in [-0.4, -0.2) is 19.6 Å². The quantitative estimate of drug-likeness (QED) is 0.763. The van der Waals surface area contributed by atoms with Gasteiger partial charge in [0.15, 0.2) is 0 Å². The molecule has 2 heterocycles. The Hall–Kier alpha value is -2.43. The number of halogens is 1. The van der Waals surface area contributed by atoms with Gasteiger partial charge in [0.05, 0.1) is 23.9 Å². The van der Waals surface area contributed by atoms with Gasteiger partial charge < -0.3 is 9.67 Å². The molecule has 0 saturated heterocycles. The van der Waals surface area contributed by atoms with Crippen LogP contribution in [0.4, 0.5) is 0 Å². The molecule has 2 aromatic heterocycles. The molecule has 0 bridgehead atoms. The molecule has 1 atom stereocenters. The third kappa shape index (κ3) is 2.68. The van der Waals surface area contributed by atoms with Gasteiger partial charge in [-0.15, -0.1) is 0 Å². The number of nitrogens with zero attached hydrogens (tertiary/aromatic N) is 3. The van der Waals surface area contributed by atoms with Crippen LogP contribution in [0, 0.1) is 0 Å². The van der Waals surface area contributed by atoms with Crippen molar-refractivity contribution in [2.75, 3.05) is 0 Å². The average molecular weight is 352 g/mol. The summed E-state index contributed by atoms with van der Waals surface area (Å²) in [5.74, 6) is 0. The second-order valence-corrected chi connectivity index (χ2v) is 6.97. The van der Waals surface area contributed by atoms with Gasteiger partial charge in [-0.2, -0.15) is 0 Å². The van der Waals surface area contributed by atoms with Crippen molar-refractivity contribution >= 4 is 23.3 Å². The molecule has 4 nitrogen and oxygen atoms in total. The van der Waals surface area contributed by atoms with Crippen molar-refractivity contribution in [2.45, 2.75) is 18.9 Å². The van der Waals surface area contributed by atoms with E-state index in [0.717, 1.165) is 33.7 Å². The van der Waals surface area contributed by atoms with Gasteiger partial charge in [-0.05, 0) is 53.5 Å². The zero-order valence-corrected chi connectivity index (χ0v) is 14.8. The SMILES string of the molecule is Cn1cncc1[C@](C)(O)C1=Cc2cccnc2Cc2ccc(Cl)cc21. The first-order chi connectivity index (χ1) is 12.0. The molecule has 4 rings (SSSR count). The Labute approximate surface area is 151 Å². The molecule has 1 aromatic carbocycles. The second-order valence-electron chi connectivity index (χ2n) is 6.54. The molecule has 25 heavy (non-hydrogen) atoms. The molecule has 0 amide bonds. The molecule has 1 aliphatic rings. The first-order valence-corrected chi connectivity index (χ1v) is 8.48. The van der Waals surface area contributed by atoms with E-state index >= 15 is 0 Å². The monoisotopic (exact) mass is 351 g/mol. The lowest BCUT2D eigenvalue weighted by molar-refractivity contribution is 0.115. The van der Waals surface area contributed by atoms with Crippen LogP contribution in [0.2, 0.25) is 5.02 Å². The maximum Gasteiger partial charge on any atom is 0.129 e. The summed E-state index contributed by atoms with van der Waals surface area (Å²) < 4.78 is 1.83. The molecule has 3 aromatic rings. The number of imidazole rings is 1. The molecule has 1 N–H and O–H groups in total. The van der Waals surface area contributed by atoms with E-state index in [2.05, 4.69) is 9.97 Å². The minimum atomic E-state index is -1.22. The Balaban J connectivity index is 2.00. The Morgan fingerprint density at radius 1 is 1.28 bits per heavy atom. The molecule has 0 fully saturated rings. The third-order valence-corrected chi connectivity index (χ3v) is 5.02. The third-order valence-electron chi connectivity index (χ3n) is 4.79. The lowest BCUT2D eigenvalue weighted by Crippen LogP contribution is -2.26. The zero-order chi connectivity index (χ0) is 17.6.